The Hall–Kier alpha value is -4.00. The monoisotopic (exact) mass is 404 g/mol. The van der Waals surface area contributed by atoms with Crippen molar-refractivity contribution in [3.63, 3.8) is 0 Å². The first-order chi connectivity index (χ1) is 14.6. The number of nitrogens with zero attached hydrogens (tertiary/aromatic N) is 1. The number of carbonyl (C=O) groups excluding carboxylic acids is 1. The van der Waals surface area contributed by atoms with Crippen LogP contribution < -0.4 is 19.9 Å². The molecule has 30 heavy (non-hydrogen) atoms. The Morgan fingerprint density at radius 3 is 2.23 bits per heavy atom. The van der Waals surface area contributed by atoms with E-state index in [1.54, 1.807) is 51.8 Å². The van der Waals surface area contributed by atoms with E-state index in [0.29, 0.717) is 45.2 Å². The van der Waals surface area contributed by atoms with Gasteiger partial charge in [-0.15, -0.1) is 0 Å². The average Bonchev–Trinajstić information content (AvgIpc) is 3.22. The number of hydrogen-bond acceptors (Lipinski definition) is 6. The van der Waals surface area contributed by atoms with Gasteiger partial charge in [0.25, 0.3) is 0 Å². The minimum Gasteiger partial charge on any atom is -0.496 e. The van der Waals surface area contributed by atoms with E-state index in [-0.39, 0.29) is 0 Å². The third-order valence-corrected chi connectivity index (χ3v) is 4.86. The maximum Gasteiger partial charge on any atom is 0.248 e. The zero-order chi connectivity index (χ0) is 21.3. The number of aromatic nitrogens is 1. The molecule has 0 unspecified atom stereocenters. The maximum atomic E-state index is 11.6. The molecule has 0 aliphatic heterocycles. The van der Waals surface area contributed by atoms with E-state index < -0.39 is 5.91 Å². The number of primary amides is 1. The molecule has 152 valence electrons. The Morgan fingerprint density at radius 1 is 0.900 bits per heavy atom. The van der Waals surface area contributed by atoms with Crippen LogP contribution >= 0.6 is 0 Å². The van der Waals surface area contributed by atoms with E-state index in [4.69, 9.17) is 24.4 Å². The van der Waals surface area contributed by atoms with Gasteiger partial charge in [-0.05, 0) is 36.4 Å². The Labute approximate surface area is 173 Å². The minimum atomic E-state index is -0.535. The van der Waals surface area contributed by atoms with Gasteiger partial charge in [0.15, 0.2) is 5.58 Å². The highest BCUT2D eigenvalue weighted by molar-refractivity contribution is 5.97. The van der Waals surface area contributed by atoms with Crippen molar-refractivity contribution in [2.75, 3.05) is 21.3 Å². The SMILES string of the molecule is COc1ccc(C(N)=O)cc1-c1cc2nccc(-c3c(OC)cccc3OC)c2o1. The smallest absolute Gasteiger partial charge is 0.248 e. The van der Waals surface area contributed by atoms with Crippen LogP contribution in [0.3, 0.4) is 0 Å². The molecule has 7 nitrogen and oxygen atoms in total. The number of amides is 1. The van der Waals surface area contributed by atoms with E-state index in [1.165, 1.54) is 0 Å². The Morgan fingerprint density at radius 2 is 1.60 bits per heavy atom. The summed E-state index contributed by atoms with van der Waals surface area (Å²) < 4.78 is 22.8. The minimum absolute atomic E-state index is 0.353. The number of nitrogens with two attached hydrogens (primary N) is 1. The summed E-state index contributed by atoms with van der Waals surface area (Å²) in [6.45, 7) is 0. The standard InChI is InChI=1S/C23H20N2O5/c1-27-17-8-7-13(23(24)26)11-15(17)20-12-16-22(30-20)14(9-10-25-16)21-18(28-2)5-4-6-19(21)29-3/h4-12H,1-3H3,(H2,24,26). The second-order valence-electron chi connectivity index (χ2n) is 6.50. The van der Waals surface area contributed by atoms with Gasteiger partial charge in [-0.3, -0.25) is 9.78 Å². The van der Waals surface area contributed by atoms with Crippen LogP contribution in [0.5, 0.6) is 17.2 Å². The summed E-state index contributed by atoms with van der Waals surface area (Å²) in [5, 5.41) is 0. The molecule has 0 saturated carbocycles. The number of methoxy groups -OCH3 is 3. The van der Waals surface area contributed by atoms with Gasteiger partial charge in [0.05, 0.1) is 32.5 Å². The second kappa shape index (κ2) is 7.79. The molecule has 0 fully saturated rings. The first-order valence-corrected chi connectivity index (χ1v) is 9.15. The van der Waals surface area contributed by atoms with Gasteiger partial charge in [-0.1, -0.05) is 6.07 Å². The highest BCUT2D eigenvalue weighted by atomic mass is 16.5. The van der Waals surface area contributed by atoms with E-state index in [1.807, 2.05) is 24.3 Å². The molecule has 0 saturated heterocycles. The normalized spacial score (nSPS) is 10.8. The summed E-state index contributed by atoms with van der Waals surface area (Å²) >= 11 is 0. The Kier molecular flexibility index (Phi) is 5.02. The fourth-order valence-electron chi connectivity index (χ4n) is 3.44. The number of hydrogen-bond donors (Lipinski definition) is 1. The van der Waals surface area contributed by atoms with Crippen LogP contribution in [0.4, 0.5) is 0 Å². The van der Waals surface area contributed by atoms with Gasteiger partial charge in [-0.2, -0.15) is 0 Å². The summed E-state index contributed by atoms with van der Waals surface area (Å²) in [4.78, 5) is 16.1. The quantitative estimate of drug-likeness (QED) is 0.515. The van der Waals surface area contributed by atoms with Crippen LogP contribution in [0, 0.1) is 0 Å². The van der Waals surface area contributed by atoms with Crippen molar-refractivity contribution < 1.29 is 23.4 Å². The largest absolute Gasteiger partial charge is 0.496 e. The van der Waals surface area contributed by atoms with E-state index >= 15 is 0 Å². The second-order valence-corrected chi connectivity index (χ2v) is 6.50. The number of fused-ring (bicyclic) bond motifs is 1. The van der Waals surface area contributed by atoms with Crippen molar-refractivity contribution in [3.05, 3.63) is 60.3 Å². The van der Waals surface area contributed by atoms with Crippen molar-refractivity contribution in [1.29, 1.82) is 0 Å². The molecule has 0 aliphatic rings. The molecule has 0 aliphatic carbocycles. The zero-order valence-corrected chi connectivity index (χ0v) is 16.8. The van der Waals surface area contributed by atoms with Crippen LogP contribution in [-0.4, -0.2) is 32.2 Å². The van der Waals surface area contributed by atoms with E-state index in [9.17, 15) is 4.79 Å². The lowest BCUT2D eigenvalue weighted by molar-refractivity contribution is 0.100. The fraction of sp³-hybridized carbons (Fsp3) is 0.130. The van der Waals surface area contributed by atoms with Crippen molar-refractivity contribution >= 4 is 17.0 Å². The summed E-state index contributed by atoms with van der Waals surface area (Å²) in [7, 11) is 4.75. The van der Waals surface area contributed by atoms with Gasteiger partial charge in [0.1, 0.15) is 28.5 Å². The van der Waals surface area contributed by atoms with Crippen LogP contribution in [0.15, 0.2) is 59.1 Å². The fourth-order valence-corrected chi connectivity index (χ4v) is 3.44. The number of pyridine rings is 1. The lowest BCUT2D eigenvalue weighted by Crippen LogP contribution is -2.10. The van der Waals surface area contributed by atoms with Crippen molar-refractivity contribution in [3.8, 4) is 39.7 Å². The molecule has 0 spiro atoms. The molecule has 0 atom stereocenters. The number of rotatable bonds is 6. The van der Waals surface area contributed by atoms with Gasteiger partial charge in [0.2, 0.25) is 5.91 Å². The van der Waals surface area contributed by atoms with Crippen LogP contribution in [0.2, 0.25) is 0 Å². The number of furan rings is 1. The maximum absolute atomic E-state index is 11.6. The van der Waals surface area contributed by atoms with Crippen molar-refractivity contribution in [2.24, 2.45) is 5.73 Å². The molecular formula is C23H20N2O5. The topological polar surface area (TPSA) is 96.8 Å². The molecule has 0 bridgehead atoms. The van der Waals surface area contributed by atoms with Crippen LogP contribution in [0.25, 0.3) is 33.6 Å². The Balaban J connectivity index is 1.96. The molecule has 1 amide bonds. The highest BCUT2D eigenvalue weighted by Crippen LogP contribution is 2.43. The average molecular weight is 404 g/mol. The van der Waals surface area contributed by atoms with Crippen LogP contribution in [0.1, 0.15) is 10.4 Å². The van der Waals surface area contributed by atoms with E-state index in [2.05, 4.69) is 4.98 Å². The molecular weight excluding hydrogens is 384 g/mol. The molecule has 4 aromatic rings. The molecule has 2 aromatic heterocycles. The first-order valence-electron chi connectivity index (χ1n) is 9.15. The lowest BCUT2D eigenvalue weighted by Gasteiger charge is -2.13. The number of ether oxygens (including phenoxy) is 3. The number of benzene rings is 2. The molecule has 2 aromatic carbocycles. The number of carbonyl (C=O) groups is 1. The summed E-state index contributed by atoms with van der Waals surface area (Å²) in [5.74, 6) is 1.81. The third kappa shape index (κ3) is 3.20. The summed E-state index contributed by atoms with van der Waals surface area (Å²) in [5.41, 5.74) is 9.12. The Bertz CT molecular complexity index is 1220. The first kappa shape index (κ1) is 19.3. The summed E-state index contributed by atoms with van der Waals surface area (Å²) in [6, 6.07) is 14.1. The predicted molar refractivity (Wildman–Crippen MR) is 113 cm³/mol. The van der Waals surface area contributed by atoms with Crippen molar-refractivity contribution in [2.45, 2.75) is 0 Å². The molecule has 4 rings (SSSR count). The van der Waals surface area contributed by atoms with Crippen LogP contribution in [-0.2, 0) is 0 Å². The van der Waals surface area contributed by atoms with Gasteiger partial charge < -0.3 is 24.4 Å². The lowest BCUT2D eigenvalue weighted by atomic mass is 10.0. The molecule has 2 N–H and O–H groups in total. The third-order valence-electron chi connectivity index (χ3n) is 4.86. The van der Waals surface area contributed by atoms with Crippen molar-refractivity contribution in [1.82, 2.24) is 4.98 Å². The van der Waals surface area contributed by atoms with E-state index in [0.717, 1.165) is 11.1 Å². The molecule has 7 heteroatoms. The van der Waals surface area contributed by atoms with Gasteiger partial charge >= 0.3 is 0 Å². The zero-order valence-electron chi connectivity index (χ0n) is 16.8. The highest BCUT2D eigenvalue weighted by Gasteiger charge is 2.20. The van der Waals surface area contributed by atoms with Gasteiger partial charge in [-0.25, -0.2) is 0 Å². The molecule has 0 radical (unpaired) electrons. The molecule has 2 heterocycles. The van der Waals surface area contributed by atoms with Gasteiger partial charge in [0, 0.05) is 23.4 Å². The summed E-state index contributed by atoms with van der Waals surface area (Å²) in [6.07, 6.45) is 1.69. The predicted octanol–water partition coefficient (Wildman–Crippen LogP) is 4.29.